The summed E-state index contributed by atoms with van der Waals surface area (Å²) in [6, 6.07) is 4.63. The van der Waals surface area contributed by atoms with Crippen LogP contribution in [0.3, 0.4) is 0 Å². The number of hydrogen-bond donors (Lipinski definition) is 1. The quantitative estimate of drug-likeness (QED) is 0.582. The summed E-state index contributed by atoms with van der Waals surface area (Å²) in [5.74, 6) is 0.228. The highest BCUT2D eigenvalue weighted by atomic mass is 19.1. The van der Waals surface area contributed by atoms with Crippen molar-refractivity contribution in [2.75, 3.05) is 19.6 Å². The van der Waals surface area contributed by atoms with Crippen molar-refractivity contribution in [1.29, 1.82) is 0 Å². The first-order valence-corrected chi connectivity index (χ1v) is 12.5. The van der Waals surface area contributed by atoms with Crippen molar-refractivity contribution in [3.63, 3.8) is 0 Å². The number of carbonyl (C=O) groups is 1. The average molecular weight is 485 g/mol. The number of piperidine rings is 1. The Morgan fingerprint density at radius 1 is 1.23 bits per heavy atom. The molecule has 0 bridgehead atoms. The van der Waals surface area contributed by atoms with Gasteiger partial charge in [0, 0.05) is 54.6 Å². The standard InChI is InChI=1S/C23H27FN4O2.C3H6O2/c1-15-18(23(29)28-10-3-2-4-21(28)25-15)9-13-27-11-7-16(8-12-27)22-19-6-5-17(24)14-20(19)30-26-22;1-2-3(4)5/h5-6,14,16H,2-4,7-13H2,1H3;2H2,1H3,(H,4,5). The second kappa shape index (κ2) is 11.1. The molecule has 2 aliphatic rings. The Morgan fingerprint density at radius 3 is 2.69 bits per heavy atom. The minimum Gasteiger partial charge on any atom is -0.481 e. The third kappa shape index (κ3) is 5.78. The van der Waals surface area contributed by atoms with Crippen molar-refractivity contribution in [3.8, 4) is 0 Å². The molecule has 0 unspecified atom stereocenters. The van der Waals surface area contributed by atoms with Crippen molar-refractivity contribution < 1.29 is 18.8 Å². The second-order valence-corrected chi connectivity index (χ2v) is 9.33. The summed E-state index contributed by atoms with van der Waals surface area (Å²) >= 11 is 0. The van der Waals surface area contributed by atoms with Gasteiger partial charge in [-0.3, -0.25) is 14.2 Å². The van der Waals surface area contributed by atoms with Crippen molar-refractivity contribution in [2.45, 2.75) is 71.3 Å². The van der Waals surface area contributed by atoms with Crippen molar-refractivity contribution in [2.24, 2.45) is 0 Å². The minimum absolute atomic E-state index is 0.161. The summed E-state index contributed by atoms with van der Waals surface area (Å²) in [4.78, 5) is 29.4. The molecule has 1 fully saturated rings. The van der Waals surface area contributed by atoms with Crippen LogP contribution in [0.1, 0.15) is 67.7 Å². The number of aryl methyl sites for hydroxylation is 2. The Hall–Kier alpha value is -3.07. The van der Waals surface area contributed by atoms with Gasteiger partial charge in [-0.1, -0.05) is 12.1 Å². The van der Waals surface area contributed by atoms with Crippen LogP contribution < -0.4 is 5.56 Å². The smallest absolute Gasteiger partial charge is 0.303 e. The normalized spacial score (nSPS) is 16.5. The van der Waals surface area contributed by atoms with Crippen LogP contribution in [0.2, 0.25) is 0 Å². The molecule has 188 valence electrons. The largest absolute Gasteiger partial charge is 0.481 e. The van der Waals surface area contributed by atoms with E-state index >= 15 is 0 Å². The molecular weight excluding hydrogens is 451 g/mol. The average Bonchev–Trinajstić information content (AvgIpc) is 3.27. The molecule has 5 rings (SSSR count). The zero-order valence-electron chi connectivity index (χ0n) is 20.4. The molecular formula is C26H33FN4O4. The Morgan fingerprint density at radius 2 is 1.97 bits per heavy atom. The van der Waals surface area contributed by atoms with Gasteiger partial charge in [0.05, 0.1) is 5.69 Å². The first kappa shape index (κ1) is 25.0. The van der Waals surface area contributed by atoms with Gasteiger partial charge in [0.15, 0.2) is 5.58 Å². The molecule has 2 aromatic heterocycles. The van der Waals surface area contributed by atoms with Gasteiger partial charge in [0.2, 0.25) is 0 Å². The van der Waals surface area contributed by atoms with E-state index in [-0.39, 0.29) is 17.8 Å². The number of benzene rings is 1. The molecule has 1 N–H and O–H groups in total. The Labute approximate surface area is 203 Å². The molecule has 0 spiro atoms. The summed E-state index contributed by atoms with van der Waals surface area (Å²) in [5.41, 5.74) is 3.38. The molecule has 8 nitrogen and oxygen atoms in total. The Kier molecular flexibility index (Phi) is 7.95. The van der Waals surface area contributed by atoms with Crippen LogP contribution in [0.5, 0.6) is 0 Å². The highest BCUT2D eigenvalue weighted by Crippen LogP contribution is 2.32. The summed E-state index contributed by atoms with van der Waals surface area (Å²) in [7, 11) is 0. The minimum atomic E-state index is -0.745. The lowest BCUT2D eigenvalue weighted by Crippen LogP contribution is -2.37. The number of aliphatic carboxylic acids is 1. The fourth-order valence-electron chi connectivity index (χ4n) is 4.94. The van der Waals surface area contributed by atoms with E-state index in [9.17, 15) is 14.0 Å². The van der Waals surface area contributed by atoms with Gasteiger partial charge in [-0.2, -0.15) is 0 Å². The number of nitrogens with zero attached hydrogens (tertiary/aromatic N) is 4. The maximum atomic E-state index is 13.4. The monoisotopic (exact) mass is 484 g/mol. The molecule has 0 radical (unpaired) electrons. The predicted octanol–water partition coefficient (Wildman–Crippen LogP) is 4.07. The van der Waals surface area contributed by atoms with Gasteiger partial charge in [0.1, 0.15) is 11.6 Å². The number of rotatable bonds is 5. The maximum absolute atomic E-state index is 13.4. The molecule has 0 saturated carbocycles. The number of carboxylic acids is 1. The third-order valence-corrected chi connectivity index (χ3v) is 7.00. The number of hydrogen-bond acceptors (Lipinski definition) is 6. The van der Waals surface area contributed by atoms with Crippen LogP contribution >= 0.6 is 0 Å². The number of likely N-dealkylation sites (tertiary alicyclic amines) is 1. The molecule has 4 heterocycles. The highest BCUT2D eigenvalue weighted by molar-refractivity contribution is 5.79. The van der Waals surface area contributed by atoms with Crippen LogP contribution in [0.4, 0.5) is 4.39 Å². The molecule has 2 aliphatic heterocycles. The summed E-state index contributed by atoms with van der Waals surface area (Å²) < 4.78 is 20.6. The third-order valence-electron chi connectivity index (χ3n) is 7.00. The first-order valence-electron chi connectivity index (χ1n) is 12.5. The van der Waals surface area contributed by atoms with Gasteiger partial charge in [-0.05, 0) is 64.3 Å². The van der Waals surface area contributed by atoms with Crippen molar-refractivity contribution in [1.82, 2.24) is 19.6 Å². The zero-order chi connectivity index (χ0) is 24.9. The van der Waals surface area contributed by atoms with Crippen molar-refractivity contribution >= 4 is 16.9 Å². The SMILES string of the molecule is CCC(=O)O.Cc1nc2n(c(=O)c1CCN1CCC(c3noc4cc(F)ccc34)CC1)CCCC2. The van der Waals surface area contributed by atoms with Crippen LogP contribution in [0.25, 0.3) is 11.0 Å². The van der Waals surface area contributed by atoms with Gasteiger partial charge in [-0.25, -0.2) is 9.37 Å². The molecule has 0 aliphatic carbocycles. The second-order valence-electron chi connectivity index (χ2n) is 9.33. The highest BCUT2D eigenvalue weighted by Gasteiger charge is 2.25. The van der Waals surface area contributed by atoms with Crippen molar-refractivity contribution in [3.05, 3.63) is 57.1 Å². The number of carboxylic acid groups (broad SMARTS) is 1. The lowest BCUT2D eigenvalue weighted by atomic mass is 9.91. The van der Waals surface area contributed by atoms with E-state index in [1.165, 1.54) is 12.1 Å². The van der Waals surface area contributed by atoms with E-state index in [0.717, 1.165) is 92.9 Å². The first-order chi connectivity index (χ1) is 16.9. The summed E-state index contributed by atoms with van der Waals surface area (Å²) in [5, 5.41) is 12.9. The van der Waals surface area contributed by atoms with E-state index < -0.39 is 5.97 Å². The van der Waals surface area contributed by atoms with E-state index in [2.05, 4.69) is 10.1 Å². The van der Waals surface area contributed by atoms with Gasteiger partial charge < -0.3 is 14.5 Å². The maximum Gasteiger partial charge on any atom is 0.303 e. The van der Waals surface area contributed by atoms with Crippen LogP contribution in [0.15, 0.2) is 27.5 Å². The lowest BCUT2D eigenvalue weighted by Gasteiger charge is -2.31. The fraction of sp³-hybridized carbons (Fsp3) is 0.538. The fourth-order valence-corrected chi connectivity index (χ4v) is 4.94. The van der Waals surface area contributed by atoms with Crippen LogP contribution in [0, 0.1) is 12.7 Å². The molecule has 0 amide bonds. The van der Waals surface area contributed by atoms with E-state index in [0.29, 0.717) is 11.5 Å². The van der Waals surface area contributed by atoms with Crippen LogP contribution in [-0.4, -0.2) is 50.3 Å². The zero-order valence-corrected chi connectivity index (χ0v) is 20.4. The molecule has 0 atom stereocenters. The number of fused-ring (bicyclic) bond motifs is 2. The topological polar surface area (TPSA) is 101 Å². The number of halogens is 1. The molecule has 9 heteroatoms. The summed E-state index contributed by atoms with van der Waals surface area (Å²) in [6.45, 7) is 7.15. The predicted molar refractivity (Wildman–Crippen MR) is 130 cm³/mol. The Bertz CT molecular complexity index is 1240. The van der Waals surface area contributed by atoms with Gasteiger partial charge in [-0.15, -0.1) is 0 Å². The number of aromatic nitrogens is 3. The van der Waals surface area contributed by atoms with Gasteiger partial charge in [0.25, 0.3) is 5.56 Å². The molecule has 35 heavy (non-hydrogen) atoms. The van der Waals surface area contributed by atoms with E-state index in [1.807, 2.05) is 11.5 Å². The molecule has 3 aromatic rings. The Balaban J connectivity index is 0.000000527. The van der Waals surface area contributed by atoms with E-state index in [4.69, 9.17) is 14.6 Å². The van der Waals surface area contributed by atoms with Gasteiger partial charge >= 0.3 is 5.97 Å². The molecule has 1 aromatic carbocycles. The molecule has 1 saturated heterocycles. The van der Waals surface area contributed by atoms with E-state index in [1.54, 1.807) is 13.0 Å². The lowest BCUT2D eigenvalue weighted by molar-refractivity contribution is -0.136. The summed E-state index contributed by atoms with van der Waals surface area (Å²) in [6.07, 6.45) is 6.03. The van der Waals surface area contributed by atoms with Crippen LogP contribution in [-0.2, 0) is 24.2 Å².